The summed E-state index contributed by atoms with van der Waals surface area (Å²) in [4.78, 5) is 4.26. The highest BCUT2D eigenvalue weighted by Gasteiger charge is 2.11. The lowest BCUT2D eigenvalue weighted by Gasteiger charge is -2.15. The maximum Gasteiger partial charge on any atom is 0.165 e. The van der Waals surface area contributed by atoms with Gasteiger partial charge in [0, 0.05) is 12.1 Å². The summed E-state index contributed by atoms with van der Waals surface area (Å²) in [5, 5.41) is 4.22. The third kappa shape index (κ3) is 4.04. The smallest absolute Gasteiger partial charge is 0.165 e. The molecule has 0 spiro atoms. The number of benzene rings is 1. The molecule has 0 bridgehead atoms. The van der Waals surface area contributed by atoms with E-state index < -0.39 is 0 Å². The molecular formula is C16H24N4O. The normalized spacial score (nSPS) is 12.7. The molecule has 2 aromatic rings. The van der Waals surface area contributed by atoms with Crippen LogP contribution in [0.4, 0.5) is 0 Å². The highest BCUT2D eigenvalue weighted by Crippen LogP contribution is 2.22. The minimum absolute atomic E-state index is 0.105. The van der Waals surface area contributed by atoms with E-state index in [4.69, 9.17) is 10.5 Å². The third-order valence-corrected chi connectivity index (χ3v) is 3.25. The zero-order valence-electron chi connectivity index (χ0n) is 13.2. The molecule has 1 aromatic heterocycles. The topological polar surface area (TPSA) is 66.0 Å². The van der Waals surface area contributed by atoms with Crippen LogP contribution in [0.15, 0.2) is 24.5 Å². The first-order valence-corrected chi connectivity index (χ1v) is 7.33. The van der Waals surface area contributed by atoms with Gasteiger partial charge in [-0.15, -0.1) is 0 Å². The molecule has 0 saturated heterocycles. The van der Waals surface area contributed by atoms with Crippen molar-refractivity contribution in [3.8, 4) is 5.75 Å². The van der Waals surface area contributed by atoms with Crippen molar-refractivity contribution < 1.29 is 4.74 Å². The maximum absolute atomic E-state index is 5.95. The highest BCUT2D eigenvalue weighted by atomic mass is 16.5. The van der Waals surface area contributed by atoms with Crippen molar-refractivity contribution in [1.82, 2.24) is 14.8 Å². The van der Waals surface area contributed by atoms with Crippen LogP contribution in [0.25, 0.3) is 0 Å². The van der Waals surface area contributed by atoms with E-state index in [9.17, 15) is 0 Å². The van der Waals surface area contributed by atoms with Gasteiger partial charge in [0.05, 0.1) is 0 Å². The zero-order chi connectivity index (χ0) is 15.4. The van der Waals surface area contributed by atoms with Gasteiger partial charge in [-0.25, -0.2) is 9.67 Å². The number of nitrogens with two attached hydrogens (primary N) is 1. The van der Waals surface area contributed by atoms with Crippen LogP contribution in [0.3, 0.4) is 0 Å². The molecule has 0 fully saturated rings. The van der Waals surface area contributed by atoms with E-state index in [2.05, 4.69) is 36.9 Å². The second-order valence-electron chi connectivity index (χ2n) is 5.80. The molecule has 1 unspecified atom stereocenters. The molecule has 0 aliphatic carbocycles. The Morgan fingerprint density at radius 2 is 2.05 bits per heavy atom. The molecule has 0 amide bonds. The van der Waals surface area contributed by atoms with Gasteiger partial charge in [0.15, 0.2) is 5.82 Å². The summed E-state index contributed by atoms with van der Waals surface area (Å²) in [5.74, 6) is 1.70. The lowest BCUT2D eigenvalue weighted by atomic mass is 10.0. The van der Waals surface area contributed by atoms with Gasteiger partial charge in [0.2, 0.25) is 0 Å². The van der Waals surface area contributed by atoms with Crippen LogP contribution in [-0.4, -0.2) is 20.8 Å². The highest BCUT2D eigenvalue weighted by molar-refractivity contribution is 5.37. The average molecular weight is 288 g/mol. The fourth-order valence-corrected chi connectivity index (χ4v) is 2.31. The number of aromatic nitrogens is 3. The number of aryl methyl sites for hydroxylation is 1. The van der Waals surface area contributed by atoms with Crippen molar-refractivity contribution in [3.63, 3.8) is 0 Å². The van der Waals surface area contributed by atoms with Crippen molar-refractivity contribution in [2.75, 3.05) is 0 Å². The summed E-state index contributed by atoms with van der Waals surface area (Å²) in [7, 11) is 0. The summed E-state index contributed by atoms with van der Waals surface area (Å²) in [6, 6.07) is 6.56. The Hall–Kier alpha value is -1.88. The SMILES string of the molecule is Cc1ccc(OCc2ncnn2C(C)C)c(CC(C)N)c1. The minimum Gasteiger partial charge on any atom is -0.485 e. The van der Waals surface area contributed by atoms with Gasteiger partial charge < -0.3 is 10.5 Å². The molecule has 1 aromatic carbocycles. The fraction of sp³-hybridized carbons (Fsp3) is 0.500. The van der Waals surface area contributed by atoms with Crippen molar-refractivity contribution in [2.24, 2.45) is 5.73 Å². The predicted molar refractivity (Wildman–Crippen MR) is 83.3 cm³/mol. The van der Waals surface area contributed by atoms with E-state index in [1.165, 1.54) is 5.56 Å². The van der Waals surface area contributed by atoms with Gasteiger partial charge >= 0.3 is 0 Å². The molecule has 0 aliphatic rings. The molecule has 2 rings (SSSR count). The Morgan fingerprint density at radius 1 is 1.29 bits per heavy atom. The van der Waals surface area contributed by atoms with Crippen LogP contribution >= 0.6 is 0 Å². The van der Waals surface area contributed by atoms with E-state index in [1.807, 2.05) is 23.7 Å². The van der Waals surface area contributed by atoms with Gasteiger partial charge in [-0.3, -0.25) is 0 Å². The van der Waals surface area contributed by atoms with Crippen molar-refractivity contribution in [3.05, 3.63) is 41.5 Å². The molecule has 0 aliphatic heterocycles. The first-order chi connectivity index (χ1) is 9.97. The van der Waals surface area contributed by atoms with Crippen LogP contribution in [0, 0.1) is 6.92 Å². The second-order valence-corrected chi connectivity index (χ2v) is 5.80. The Kier molecular flexibility index (Phi) is 4.96. The van der Waals surface area contributed by atoms with Gasteiger partial charge in [-0.2, -0.15) is 5.10 Å². The van der Waals surface area contributed by atoms with Crippen LogP contribution in [-0.2, 0) is 13.0 Å². The van der Waals surface area contributed by atoms with Crippen LogP contribution < -0.4 is 10.5 Å². The average Bonchev–Trinajstić information content (AvgIpc) is 2.85. The van der Waals surface area contributed by atoms with Crippen LogP contribution in [0.2, 0.25) is 0 Å². The van der Waals surface area contributed by atoms with E-state index in [1.54, 1.807) is 6.33 Å². The molecule has 0 saturated carbocycles. The number of hydrogen-bond donors (Lipinski definition) is 1. The zero-order valence-corrected chi connectivity index (χ0v) is 13.2. The van der Waals surface area contributed by atoms with Crippen molar-refractivity contribution in [1.29, 1.82) is 0 Å². The third-order valence-electron chi connectivity index (χ3n) is 3.25. The lowest BCUT2D eigenvalue weighted by Crippen LogP contribution is -2.18. The molecule has 0 radical (unpaired) electrons. The molecule has 5 heteroatoms. The van der Waals surface area contributed by atoms with Gasteiger partial charge in [0.1, 0.15) is 18.7 Å². The van der Waals surface area contributed by atoms with E-state index >= 15 is 0 Å². The van der Waals surface area contributed by atoms with Gasteiger partial charge in [0.25, 0.3) is 0 Å². The van der Waals surface area contributed by atoms with Crippen LogP contribution in [0.1, 0.15) is 43.8 Å². The van der Waals surface area contributed by atoms with E-state index in [-0.39, 0.29) is 12.1 Å². The summed E-state index contributed by atoms with van der Waals surface area (Å²) in [6.07, 6.45) is 2.37. The molecule has 21 heavy (non-hydrogen) atoms. The molecule has 1 atom stereocenters. The maximum atomic E-state index is 5.95. The number of rotatable bonds is 6. The van der Waals surface area contributed by atoms with Crippen molar-refractivity contribution >= 4 is 0 Å². The molecule has 5 nitrogen and oxygen atoms in total. The first kappa shape index (κ1) is 15.5. The minimum atomic E-state index is 0.105. The lowest BCUT2D eigenvalue weighted by molar-refractivity contribution is 0.279. The Balaban J connectivity index is 2.14. The van der Waals surface area contributed by atoms with Crippen LogP contribution in [0.5, 0.6) is 5.75 Å². The van der Waals surface area contributed by atoms with E-state index in [0.29, 0.717) is 6.61 Å². The molecule has 114 valence electrons. The van der Waals surface area contributed by atoms with Gasteiger partial charge in [-0.05, 0) is 45.7 Å². The first-order valence-electron chi connectivity index (χ1n) is 7.33. The Morgan fingerprint density at radius 3 is 2.71 bits per heavy atom. The Bertz CT molecular complexity index is 590. The van der Waals surface area contributed by atoms with Gasteiger partial charge in [-0.1, -0.05) is 17.7 Å². The van der Waals surface area contributed by atoms with Crippen molar-refractivity contribution in [2.45, 2.75) is 52.8 Å². The largest absolute Gasteiger partial charge is 0.485 e. The number of ether oxygens (including phenoxy) is 1. The monoisotopic (exact) mass is 288 g/mol. The summed E-state index contributed by atoms with van der Waals surface area (Å²) >= 11 is 0. The molecule has 1 heterocycles. The predicted octanol–water partition coefficient (Wildman–Crippen LogP) is 2.64. The number of nitrogens with zero attached hydrogens (tertiary/aromatic N) is 3. The standard InChI is InChI=1S/C16H24N4O/c1-11(2)20-16(18-10-19-20)9-21-15-6-5-12(3)7-14(15)8-13(4)17/h5-7,10-11,13H,8-9,17H2,1-4H3. The fourth-order valence-electron chi connectivity index (χ4n) is 2.31. The molecular weight excluding hydrogens is 264 g/mol. The summed E-state index contributed by atoms with van der Waals surface area (Å²) in [5.41, 5.74) is 8.27. The Labute approximate surface area is 126 Å². The summed E-state index contributed by atoms with van der Waals surface area (Å²) in [6.45, 7) is 8.63. The quantitative estimate of drug-likeness (QED) is 0.887. The van der Waals surface area contributed by atoms with E-state index in [0.717, 1.165) is 23.6 Å². The number of hydrogen-bond acceptors (Lipinski definition) is 4. The molecule has 2 N–H and O–H groups in total. The summed E-state index contributed by atoms with van der Waals surface area (Å²) < 4.78 is 7.82. The second kappa shape index (κ2) is 6.72.